The lowest BCUT2D eigenvalue weighted by atomic mass is 9.73. The summed E-state index contributed by atoms with van der Waals surface area (Å²) in [5.74, 6) is -3.05. The molecule has 4 fully saturated rings. The van der Waals surface area contributed by atoms with Crippen molar-refractivity contribution in [2.24, 2.45) is 5.41 Å². The minimum atomic E-state index is -6.17. The van der Waals surface area contributed by atoms with Crippen LogP contribution < -0.4 is 20.3 Å². The van der Waals surface area contributed by atoms with E-state index in [1.54, 1.807) is 18.2 Å². The second kappa shape index (κ2) is 24.7. The highest BCUT2D eigenvalue weighted by Gasteiger charge is 2.49. The summed E-state index contributed by atoms with van der Waals surface area (Å²) in [5.41, 5.74) is -0.237. The summed E-state index contributed by atoms with van der Waals surface area (Å²) < 4.78 is 116. The van der Waals surface area contributed by atoms with Crippen LogP contribution >= 0.6 is 23.4 Å². The number of amides is 4. The molecule has 2 bridgehead atoms. The van der Waals surface area contributed by atoms with E-state index in [1.165, 1.54) is 51.6 Å². The van der Waals surface area contributed by atoms with Crippen LogP contribution in [-0.4, -0.2) is 148 Å². The van der Waals surface area contributed by atoms with Gasteiger partial charge in [0.2, 0.25) is 11.8 Å². The molecule has 86 heavy (non-hydrogen) atoms. The molecule has 5 aliphatic heterocycles. The number of sulfone groups is 1. The average molecular weight is 1260 g/mol. The number of nitrogens with zero attached hydrogens (tertiary/aromatic N) is 5. The van der Waals surface area contributed by atoms with Gasteiger partial charge in [-0.15, -0.1) is 11.8 Å². The smallest absolute Gasteiger partial charge is 0.380 e. The highest BCUT2D eigenvalue weighted by molar-refractivity contribution is 7.99. The number of hydrogen-bond acceptors (Lipinski definition) is 14. The molecule has 24 heteroatoms. The molecule has 456 valence electrons. The number of nitrogens with one attached hydrogen (secondary N) is 3. The number of alkyl halides is 3. The Hall–Kier alpha value is -6.34. The van der Waals surface area contributed by atoms with Crippen molar-refractivity contribution < 1.29 is 53.6 Å². The number of thioether (sulfide) groups is 1. The van der Waals surface area contributed by atoms with Gasteiger partial charge in [0.15, 0.2) is 0 Å². The van der Waals surface area contributed by atoms with Gasteiger partial charge < -0.3 is 15.1 Å². The number of imide groups is 1. The van der Waals surface area contributed by atoms with Gasteiger partial charge in [-0.1, -0.05) is 67.4 Å². The molecule has 1 unspecified atom stereocenters. The third-order valence-corrected chi connectivity index (χ3v) is 21.8. The molecule has 16 nitrogen and oxygen atoms in total. The van der Waals surface area contributed by atoms with Crippen LogP contribution in [0, 0.1) is 11.2 Å². The van der Waals surface area contributed by atoms with Crippen LogP contribution in [0.15, 0.2) is 129 Å². The quantitative estimate of drug-likeness (QED) is 0.0403. The maximum Gasteiger partial charge on any atom is 0.501 e. The number of allylic oxidation sites excluding steroid dienone is 1. The number of carbonyl (C=O) groups is 4. The summed E-state index contributed by atoms with van der Waals surface area (Å²) in [4.78, 5) is 60.3. The fraction of sp³-hybridized carbons (Fsp3) is 0.419. The van der Waals surface area contributed by atoms with Crippen molar-refractivity contribution in [1.29, 1.82) is 0 Å². The van der Waals surface area contributed by atoms with Crippen LogP contribution in [-0.2, 0) is 42.5 Å². The Morgan fingerprint density at radius 1 is 0.849 bits per heavy atom. The van der Waals surface area contributed by atoms with E-state index in [2.05, 4.69) is 56.2 Å². The lowest BCUT2D eigenvalue weighted by Crippen LogP contribution is -2.52. The molecule has 11 rings (SSSR count). The number of piperidine rings is 1. The SMILES string of the molecule is CC1(C)CCC(c2ccc(Cl)cc2)=C(CN2CCN(c3ccc(C(=O)NS(=O)(=O)c4ccc(N[C@H](CCN5C[C@@H]6C[C@H]5CN6Cc5cc(F)c6c(c5)CN(C5CCC(=O)NC5=O)C6=O)CSc5ccccc5)c(S(=O)(=O)C(F)(F)F)c4)cc3)CC2)C1. The third kappa shape index (κ3) is 13.4. The molecule has 0 saturated carbocycles. The van der Waals surface area contributed by atoms with Crippen molar-refractivity contribution in [3.05, 3.63) is 153 Å². The van der Waals surface area contributed by atoms with E-state index in [1.807, 2.05) is 47.2 Å². The van der Waals surface area contributed by atoms with Crippen LogP contribution in [0.5, 0.6) is 0 Å². The zero-order valence-electron chi connectivity index (χ0n) is 47.5. The molecule has 4 saturated heterocycles. The molecule has 0 aromatic heterocycles. The summed E-state index contributed by atoms with van der Waals surface area (Å²) in [6.07, 6.45) is 4.46. The lowest BCUT2D eigenvalue weighted by Gasteiger charge is -2.39. The molecular formula is C62H67ClF4N8O8S3. The van der Waals surface area contributed by atoms with E-state index in [9.17, 15) is 49.2 Å². The largest absolute Gasteiger partial charge is 0.501 e. The molecule has 0 spiro atoms. The fourth-order valence-electron chi connectivity index (χ4n) is 13.0. The topological polar surface area (TPSA) is 189 Å². The van der Waals surface area contributed by atoms with Crippen LogP contribution in [0.25, 0.3) is 5.57 Å². The molecule has 5 heterocycles. The van der Waals surface area contributed by atoms with Crippen LogP contribution in [0.2, 0.25) is 5.02 Å². The third-order valence-electron chi connectivity index (χ3n) is 17.5. The fourth-order valence-corrected chi connectivity index (χ4v) is 16.1. The maximum atomic E-state index is 15.6. The summed E-state index contributed by atoms with van der Waals surface area (Å²) in [5, 5.41) is 6.00. The monoisotopic (exact) mass is 1260 g/mol. The van der Waals surface area contributed by atoms with E-state index in [4.69, 9.17) is 11.6 Å². The molecule has 4 amide bonds. The number of sulfonamides is 1. The van der Waals surface area contributed by atoms with E-state index in [0.717, 1.165) is 68.0 Å². The number of hydrogen-bond donors (Lipinski definition) is 3. The Morgan fingerprint density at radius 2 is 1.56 bits per heavy atom. The van der Waals surface area contributed by atoms with Crippen molar-refractivity contribution in [2.75, 3.05) is 68.3 Å². The Labute approximate surface area is 507 Å². The molecule has 3 N–H and O–H groups in total. The lowest BCUT2D eigenvalue weighted by molar-refractivity contribution is -0.136. The van der Waals surface area contributed by atoms with E-state index < -0.39 is 82.4 Å². The number of anilines is 2. The predicted octanol–water partition coefficient (Wildman–Crippen LogP) is 9.36. The number of halogens is 5. The highest BCUT2D eigenvalue weighted by Crippen LogP contribution is 2.44. The summed E-state index contributed by atoms with van der Waals surface area (Å²) >= 11 is 7.62. The Kier molecular flexibility index (Phi) is 17.6. The van der Waals surface area contributed by atoms with Gasteiger partial charge in [0.1, 0.15) is 16.8 Å². The van der Waals surface area contributed by atoms with Crippen molar-refractivity contribution >= 4 is 83.8 Å². The van der Waals surface area contributed by atoms with Gasteiger partial charge >= 0.3 is 5.51 Å². The van der Waals surface area contributed by atoms with Gasteiger partial charge in [-0.2, -0.15) is 13.2 Å². The summed E-state index contributed by atoms with van der Waals surface area (Å²) in [6, 6.07) is 27.8. The van der Waals surface area contributed by atoms with Crippen molar-refractivity contribution in [2.45, 2.75) is 116 Å². The molecule has 6 aliphatic rings. The van der Waals surface area contributed by atoms with Crippen molar-refractivity contribution in [1.82, 2.24) is 29.6 Å². The van der Waals surface area contributed by atoms with Crippen molar-refractivity contribution in [3.63, 3.8) is 0 Å². The van der Waals surface area contributed by atoms with Gasteiger partial charge in [0.05, 0.1) is 16.1 Å². The second-order valence-corrected chi connectivity index (χ2v) is 29.1. The van der Waals surface area contributed by atoms with Gasteiger partial charge in [0.25, 0.3) is 31.7 Å². The molecule has 1 aliphatic carbocycles. The van der Waals surface area contributed by atoms with Gasteiger partial charge in [-0.3, -0.25) is 39.2 Å². The maximum absolute atomic E-state index is 15.6. The summed E-state index contributed by atoms with van der Waals surface area (Å²) in [7, 11) is -11.1. The van der Waals surface area contributed by atoms with E-state index in [-0.39, 0.29) is 53.8 Å². The Bertz CT molecular complexity index is 3700. The normalized spacial score (nSPS) is 21.7. The Morgan fingerprint density at radius 3 is 2.24 bits per heavy atom. The first kappa shape index (κ1) is 61.3. The standard InChI is InChI=1S/C62H67ClF4N8O8S3/c1-61(2)22-20-51(40-8-12-44(63)13-9-40)43(32-61)34-71-24-26-72(27-25-71)46-14-10-41(11-15-46)58(77)70-86(82,83)50-16-17-53(55(31-50)85(80,81)62(65,66)67)68-45(38-84-49-6-4-3-5-7-49)21-23-73-36-48-30-47(73)37-74(48)33-39-28-42-35-75(60(79)57(42)52(64)29-39)54-18-19-56(76)69-59(54)78/h3-17,28-29,31,45,47-48,54,68H,18-27,30,32-38H2,1-2H3,(H,70,77)(H,69,76,78)/t45-,47+,48+,54?/m1/s1. The van der Waals surface area contributed by atoms with Gasteiger partial charge in [0, 0.05) is 117 Å². The summed E-state index contributed by atoms with van der Waals surface area (Å²) in [6.45, 7) is 10.6. The minimum Gasteiger partial charge on any atom is -0.380 e. The van der Waals surface area contributed by atoms with E-state index >= 15 is 4.39 Å². The first-order valence-electron chi connectivity index (χ1n) is 28.8. The average Bonchev–Trinajstić information content (AvgIpc) is 1.48. The number of carbonyl (C=O) groups excluding carboxylic acids is 4. The van der Waals surface area contributed by atoms with Crippen LogP contribution in [0.1, 0.15) is 96.2 Å². The zero-order valence-corrected chi connectivity index (χ0v) is 50.8. The first-order valence-corrected chi connectivity index (χ1v) is 33.2. The van der Waals surface area contributed by atoms with E-state index in [0.29, 0.717) is 67.9 Å². The highest BCUT2D eigenvalue weighted by atomic mass is 35.5. The molecule has 5 aromatic carbocycles. The zero-order chi connectivity index (χ0) is 60.9. The van der Waals surface area contributed by atoms with Crippen LogP contribution in [0.3, 0.4) is 0 Å². The van der Waals surface area contributed by atoms with Crippen molar-refractivity contribution in [3.8, 4) is 0 Å². The first-order chi connectivity index (χ1) is 40.9. The van der Waals surface area contributed by atoms with Gasteiger partial charge in [-0.25, -0.2) is 25.9 Å². The molecule has 5 aromatic rings. The number of piperazine rings is 2. The van der Waals surface area contributed by atoms with Gasteiger partial charge in [-0.05, 0) is 139 Å². The number of benzene rings is 5. The number of fused-ring (bicyclic) bond motifs is 3. The molecular weight excluding hydrogens is 1190 g/mol. The molecule has 0 radical (unpaired) electrons. The van der Waals surface area contributed by atoms with Crippen LogP contribution in [0.4, 0.5) is 28.9 Å². The predicted molar refractivity (Wildman–Crippen MR) is 321 cm³/mol. The minimum absolute atomic E-state index is 0.0357. The number of likely N-dealkylation sites (tertiary alicyclic amines) is 2. The number of rotatable bonds is 19. The second-order valence-electron chi connectivity index (χ2n) is 24.0. The Balaban J connectivity index is 0.730. The molecule has 4 atom stereocenters.